The van der Waals surface area contributed by atoms with E-state index in [4.69, 9.17) is 16.6 Å². The number of carbonyl (C=O) groups is 1. The maximum absolute atomic E-state index is 12.4. The summed E-state index contributed by atoms with van der Waals surface area (Å²) >= 11 is 9.14. The molecule has 4 rings (SSSR count). The van der Waals surface area contributed by atoms with E-state index in [9.17, 15) is 4.79 Å². The SMILES string of the molecule is Cc1c(Cl)cccc1NC(=O)CSc1ncnc2nc(N3CCC[C@H](C)C3)sc12. The van der Waals surface area contributed by atoms with Crippen molar-refractivity contribution in [2.24, 2.45) is 5.92 Å². The average Bonchev–Trinajstić information content (AvgIpc) is 3.15. The molecular weight excluding hydrogens is 426 g/mol. The Bertz CT molecular complexity index is 1040. The number of thiazole rings is 1. The lowest BCUT2D eigenvalue weighted by Crippen LogP contribution is -2.34. The number of amides is 1. The first-order valence-corrected chi connectivity index (χ1v) is 11.7. The molecule has 6 nitrogen and oxygen atoms in total. The van der Waals surface area contributed by atoms with Gasteiger partial charge in [0.2, 0.25) is 5.91 Å². The maximum atomic E-state index is 12.4. The van der Waals surface area contributed by atoms with Crippen molar-refractivity contribution >= 4 is 61.8 Å². The van der Waals surface area contributed by atoms with Crippen LogP contribution >= 0.6 is 34.7 Å². The van der Waals surface area contributed by atoms with Crippen molar-refractivity contribution in [2.75, 3.05) is 29.1 Å². The summed E-state index contributed by atoms with van der Waals surface area (Å²) in [5, 5.41) is 5.35. The number of benzene rings is 1. The first-order chi connectivity index (χ1) is 14.0. The third kappa shape index (κ3) is 4.65. The summed E-state index contributed by atoms with van der Waals surface area (Å²) in [5.74, 6) is 0.836. The molecule has 9 heteroatoms. The van der Waals surface area contributed by atoms with Crippen LogP contribution in [0, 0.1) is 12.8 Å². The first-order valence-electron chi connectivity index (χ1n) is 9.55. The second-order valence-corrected chi connectivity index (χ2v) is 9.62. The van der Waals surface area contributed by atoms with Gasteiger partial charge in [0.25, 0.3) is 0 Å². The summed E-state index contributed by atoms with van der Waals surface area (Å²) in [6.07, 6.45) is 3.98. The molecule has 3 aromatic rings. The number of thioether (sulfide) groups is 1. The maximum Gasteiger partial charge on any atom is 0.234 e. The third-order valence-electron chi connectivity index (χ3n) is 4.96. The van der Waals surface area contributed by atoms with Crippen molar-refractivity contribution < 1.29 is 4.79 Å². The molecule has 0 saturated carbocycles. The summed E-state index contributed by atoms with van der Waals surface area (Å²) < 4.78 is 0.942. The molecule has 3 heterocycles. The Labute approximate surface area is 183 Å². The molecule has 2 aromatic heterocycles. The van der Waals surface area contributed by atoms with Gasteiger partial charge in [0.1, 0.15) is 16.1 Å². The molecule has 1 N–H and O–H groups in total. The summed E-state index contributed by atoms with van der Waals surface area (Å²) in [5.41, 5.74) is 2.29. The minimum absolute atomic E-state index is 0.0956. The molecule has 29 heavy (non-hydrogen) atoms. The number of halogens is 1. The van der Waals surface area contributed by atoms with Crippen LogP contribution in [0.4, 0.5) is 10.8 Å². The van der Waals surface area contributed by atoms with E-state index in [1.54, 1.807) is 11.3 Å². The number of nitrogens with one attached hydrogen (secondary N) is 1. The minimum Gasteiger partial charge on any atom is -0.348 e. The fourth-order valence-corrected chi connectivity index (χ4v) is 5.49. The highest BCUT2D eigenvalue weighted by molar-refractivity contribution is 8.00. The zero-order chi connectivity index (χ0) is 20.4. The molecule has 0 spiro atoms. The van der Waals surface area contributed by atoms with E-state index in [2.05, 4.69) is 27.1 Å². The highest BCUT2D eigenvalue weighted by Crippen LogP contribution is 2.35. The van der Waals surface area contributed by atoms with Gasteiger partial charge in [0.05, 0.1) is 5.75 Å². The minimum atomic E-state index is -0.0956. The van der Waals surface area contributed by atoms with Gasteiger partial charge in [0.15, 0.2) is 10.8 Å². The van der Waals surface area contributed by atoms with Gasteiger partial charge in [-0.15, -0.1) is 0 Å². The van der Waals surface area contributed by atoms with Crippen LogP contribution in [0.15, 0.2) is 29.6 Å². The van der Waals surface area contributed by atoms with Crippen molar-refractivity contribution in [3.05, 3.63) is 35.1 Å². The highest BCUT2D eigenvalue weighted by Gasteiger charge is 2.21. The summed E-state index contributed by atoms with van der Waals surface area (Å²) in [4.78, 5) is 28.2. The van der Waals surface area contributed by atoms with Crippen LogP contribution < -0.4 is 10.2 Å². The number of piperidine rings is 1. The van der Waals surface area contributed by atoms with E-state index in [1.165, 1.54) is 30.9 Å². The molecule has 1 aromatic carbocycles. The van der Waals surface area contributed by atoms with Crippen molar-refractivity contribution in [1.29, 1.82) is 0 Å². The highest BCUT2D eigenvalue weighted by atomic mass is 35.5. The van der Waals surface area contributed by atoms with Crippen molar-refractivity contribution in [3.63, 3.8) is 0 Å². The fraction of sp³-hybridized carbons (Fsp3) is 0.400. The molecule has 1 saturated heterocycles. The van der Waals surface area contributed by atoms with Crippen LogP contribution in [-0.4, -0.2) is 39.7 Å². The van der Waals surface area contributed by atoms with Gasteiger partial charge in [-0.3, -0.25) is 4.79 Å². The number of hydrogen-bond donors (Lipinski definition) is 1. The van der Waals surface area contributed by atoms with Gasteiger partial charge in [-0.1, -0.05) is 47.7 Å². The van der Waals surface area contributed by atoms with Gasteiger partial charge in [-0.05, 0) is 43.4 Å². The number of rotatable bonds is 5. The van der Waals surface area contributed by atoms with Crippen LogP contribution in [0.2, 0.25) is 5.02 Å². The molecular formula is C20H22ClN5OS2. The molecule has 0 aliphatic carbocycles. The number of carbonyl (C=O) groups excluding carboxylic acids is 1. The molecule has 0 bridgehead atoms. The Morgan fingerprint density at radius 1 is 1.41 bits per heavy atom. The molecule has 0 radical (unpaired) electrons. The Hall–Kier alpha value is -1.90. The fourth-order valence-electron chi connectivity index (χ4n) is 3.39. The van der Waals surface area contributed by atoms with Crippen LogP contribution in [0.25, 0.3) is 10.3 Å². The van der Waals surface area contributed by atoms with Crippen molar-refractivity contribution in [3.8, 4) is 0 Å². The molecule has 1 amide bonds. The lowest BCUT2D eigenvalue weighted by Gasteiger charge is -2.30. The van der Waals surface area contributed by atoms with E-state index < -0.39 is 0 Å². The number of nitrogens with zero attached hydrogens (tertiary/aromatic N) is 4. The second-order valence-electron chi connectivity index (χ2n) is 7.27. The Morgan fingerprint density at radius 2 is 2.28 bits per heavy atom. The van der Waals surface area contributed by atoms with E-state index in [-0.39, 0.29) is 11.7 Å². The molecule has 1 fully saturated rings. The average molecular weight is 448 g/mol. The summed E-state index contributed by atoms with van der Waals surface area (Å²) in [6, 6.07) is 5.48. The monoisotopic (exact) mass is 447 g/mol. The first kappa shape index (κ1) is 20.4. The van der Waals surface area contributed by atoms with Crippen LogP contribution in [0.5, 0.6) is 0 Å². The Balaban J connectivity index is 1.46. The standard InChI is InChI=1S/C20H22ClN5OS2/c1-12-5-4-8-26(9-12)20-25-18-17(29-20)19(23-11-22-18)28-10-16(27)24-15-7-3-6-14(21)13(15)2/h3,6-7,11-12H,4-5,8-10H2,1-2H3,(H,24,27)/t12-/m0/s1. The van der Waals surface area contributed by atoms with Crippen LogP contribution in [-0.2, 0) is 4.79 Å². The second kappa shape index (κ2) is 8.85. The van der Waals surface area contributed by atoms with Gasteiger partial charge >= 0.3 is 0 Å². The van der Waals surface area contributed by atoms with Gasteiger partial charge < -0.3 is 10.2 Å². The van der Waals surface area contributed by atoms with E-state index in [0.29, 0.717) is 16.6 Å². The predicted molar refractivity (Wildman–Crippen MR) is 121 cm³/mol. The van der Waals surface area contributed by atoms with Crippen molar-refractivity contribution in [2.45, 2.75) is 31.7 Å². The third-order valence-corrected chi connectivity index (χ3v) is 7.60. The predicted octanol–water partition coefficient (Wildman–Crippen LogP) is 5.02. The number of anilines is 2. The molecule has 152 valence electrons. The summed E-state index contributed by atoms with van der Waals surface area (Å²) in [6.45, 7) is 6.22. The van der Waals surface area contributed by atoms with Gasteiger partial charge in [-0.2, -0.15) is 4.98 Å². The molecule has 1 aliphatic heterocycles. The van der Waals surface area contributed by atoms with Gasteiger partial charge in [-0.25, -0.2) is 9.97 Å². The number of hydrogen-bond acceptors (Lipinski definition) is 7. The molecule has 1 aliphatic rings. The lowest BCUT2D eigenvalue weighted by molar-refractivity contribution is -0.113. The smallest absolute Gasteiger partial charge is 0.234 e. The quantitative estimate of drug-likeness (QED) is 0.437. The van der Waals surface area contributed by atoms with Crippen LogP contribution in [0.3, 0.4) is 0 Å². The zero-order valence-electron chi connectivity index (χ0n) is 16.3. The lowest BCUT2D eigenvalue weighted by atomic mass is 10.0. The largest absolute Gasteiger partial charge is 0.348 e. The number of aromatic nitrogens is 3. The van der Waals surface area contributed by atoms with E-state index in [1.807, 2.05) is 25.1 Å². The number of fused-ring (bicyclic) bond motifs is 1. The topological polar surface area (TPSA) is 71.0 Å². The van der Waals surface area contributed by atoms with E-state index >= 15 is 0 Å². The van der Waals surface area contributed by atoms with Crippen LogP contribution in [0.1, 0.15) is 25.3 Å². The van der Waals surface area contributed by atoms with Gasteiger partial charge in [0, 0.05) is 23.8 Å². The molecule has 0 unspecified atom stereocenters. The Morgan fingerprint density at radius 3 is 3.10 bits per heavy atom. The summed E-state index contributed by atoms with van der Waals surface area (Å²) in [7, 11) is 0. The van der Waals surface area contributed by atoms with E-state index in [0.717, 1.165) is 39.2 Å². The Kier molecular flexibility index (Phi) is 6.22. The zero-order valence-corrected chi connectivity index (χ0v) is 18.7. The molecule has 1 atom stereocenters. The normalized spacial score (nSPS) is 16.9. The van der Waals surface area contributed by atoms with Crippen molar-refractivity contribution in [1.82, 2.24) is 15.0 Å².